The minimum absolute atomic E-state index is 0.0623. The number of nitrogens with one attached hydrogen (secondary N) is 1. The molecule has 1 N–H and O–H groups in total. The maximum absolute atomic E-state index is 11.9. The van der Waals surface area contributed by atoms with E-state index in [9.17, 15) is 4.79 Å². The summed E-state index contributed by atoms with van der Waals surface area (Å²) in [5.41, 5.74) is 4.79. The lowest BCUT2D eigenvalue weighted by Crippen LogP contribution is -2.48. The number of hydrogen-bond acceptors (Lipinski definition) is 10. The van der Waals surface area contributed by atoms with Crippen molar-refractivity contribution in [2.75, 3.05) is 36.4 Å². The van der Waals surface area contributed by atoms with Gasteiger partial charge in [-0.3, -0.25) is 4.79 Å². The van der Waals surface area contributed by atoms with Crippen LogP contribution in [0.5, 0.6) is 11.5 Å². The third-order valence-corrected chi connectivity index (χ3v) is 6.86. The van der Waals surface area contributed by atoms with E-state index in [1.165, 1.54) is 12.4 Å². The van der Waals surface area contributed by atoms with E-state index in [4.69, 9.17) is 9.72 Å². The molecule has 0 radical (unpaired) electrons. The first kappa shape index (κ1) is 25.2. The molecule has 5 aromatic rings. The molecular weight excluding hydrogens is 508 g/mol. The molecule has 12 nitrogen and oxygen atoms in total. The number of hydrogen-bond donors (Lipinski definition) is 1. The van der Waals surface area contributed by atoms with Crippen molar-refractivity contribution in [2.24, 2.45) is 0 Å². The van der Waals surface area contributed by atoms with Crippen molar-refractivity contribution in [1.82, 2.24) is 39.8 Å². The molecule has 1 amide bonds. The van der Waals surface area contributed by atoms with Gasteiger partial charge in [0.05, 0.1) is 11.7 Å². The summed E-state index contributed by atoms with van der Waals surface area (Å²) in [6.07, 6.45) is 4.53. The van der Waals surface area contributed by atoms with Gasteiger partial charge < -0.3 is 19.9 Å². The van der Waals surface area contributed by atoms with Crippen molar-refractivity contribution in [3.63, 3.8) is 0 Å². The molecule has 0 spiro atoms. The minimum Gasteiger partial charge on any atom is -0.457 e. The fraction of sp³-hybridized carbons (Fsp3) is 0.250. The Morgan fingerprint density at radius 3 is 2.70 bits per heavy atom. The van der Waals surface area contributed by atoms with Gasteiger partial charge >= 0.3 is 0 Å². The van der Waals surface area contributed by atoms with Crippen molar-refractivity contribution < 1.29 is 9.53 Å². The van der Waals surface area contributed by atoms with Gasteiger partial charge in [0.2, 0.25) is 11.9 Å². The van der Waals surface area contributed by atoms with E-state index < -0.39 is 0 Å². The highest BCUT2D eigenvalue weighted by atomic mass is 16.5. The van der Waals surface area contributed by atoms with Crippen LogP contribution in [0, 0.1) is 6.92 Å². The van der Waals surface area contributed by atoms with Crippen LogP contribution >= 0.6 is 0 Å². The fourth-order valence-corrected chi connectivity index (χ4v) is 4.70. The highest BCUT2D eigenvalue weighted by molar-refractivity contribution is 5.88. The second-order valence-corrected chi connectivity index (χ2v) is 9.41. The summed E-state index contributed by atoms with van der Waals surface area (Å²) in [6, 6.07) is 11.6. The van der Waals surface area contributed by atoms with Gasteiger partial charge in [-0.1, -0.05) is 11.8 Å². The van der Waals surface area contributed by atoms with Crippen molar-refractivity contribution in [3.8, 4) is 11.5 Å². The van der Waals surface area contributed by atoms with Crippen LogP contribution in [0.1, 0.15) is 12.5 Å². The van der Waals surface area contributed by atoms with Gasteiger partial charge in [-0.15, -0.1) is 5.10 Å². The average molecular weight is 537 g/mol. The van der Waals surface area contributed by atoms with Crippen LogP contribution in [0.15, 0.2) is 61.6 Å². The van der Waals surface area contributed by atoms with Gasteiger partial charge in [0.1, 0.15) is 34.4 Å². The van der Waals surface area contributed by atoms with E-state index in [0.717, 1.165) is 34.6 Å². The first-order valence-corrected chi connectivity index (χ1v) is 13.0. The summed E-state index contributed by atoms with van der Waals surface area (Å²) >= 11 is 0. The second-order valence-electron chi connectivity index (χ2n) is 9.41. The van der Waals surface area contributed by atoms with Gasteiger partial charge in [-0.05, 0) is 55.8 Å². The van der Waals surface area contributed by atoms with Gasteiger partial charge in [0.15, 0.2) is 5.82 Å². The van der Waals surface area contributed by atoms with Crippen molar-refractivity contribution in [2.45, 2.75) is 20.4 Å². The lowest BCUT2D eigenvalue weighted by atomic mass is 10.2. The highest BCUT2D eigenvalue weighted by Gasteiger charge is 2.22. The lowest BCUT2D eigenvalue weighted by Gasteiger charge is -2.34. The Labute approximate surface area is 230 Å². The number of piperazine rings is 1. The molecule has 2 aromatic carbocycles. The summed E-state index contributed by atoms with van der Waals surface area (Å²) in [5, 5.41) is 11.8. The third kappa shape index (κ3) is 4.86. The molecule has 1 aliphatic heterocycles. The van der Waals surface area contributed by atoms with E-state index in [2.05, 4.69) is 42.1 Å². The van der Waals surface area contributed by atoms with E-state index in [1.54, 1.807) is 11.1 Å². The lowest BCUT2D eigenvalue weighted by molar-refractivity contribution is -0.126. The van der Waals surface area contributed by atoms with Crippen LogP contribution in [-0.2, 0) is 11.3 Å². The van der Waals surface area contributed by atoms with E-state index in [1.807, 2.05) is 54.9 Å². The molecule has 0 aliphatic carbocycles. The zero-order valence-electron chi connectivity index (χ0n) is 22.3. The Morgan fingerprint density at radius 1 is 1.07 bits per heavy atom. The third-order valence-electron chi connectivity index (χ3n) is 6.86. The maximum Gasteiger partial charge on any atom is 0.246 e. The van der Waals surface area contributed by atoms with E-state index >= 15 is 0 Å². The number of amides is 1. The molecule has 0 bridgehead atoms. The highest BCUT2D eigenvalue weighted by Crippen LogP contribution is 2.31. The average Bonchev–Trinajstić information content (AvgIpc) is 3.40. The molecule has 1 aliphatic rings. The Morgan fingerprint density at radius 2 is 1.93 bits per heavy atom. The predicted molar refractivity (Wildman–Crippen MR) is 152 cm³/mol. The fourth-order valence-electron chi connectivity index (χ4n) is 4.70. The molecule has 0 saturated carbocycles. The SMILES string of the molecule is C=CC(=O)N1CCN(c2ncc3ncnc(Nc4ccc(Oc5ccc6c(c5)nnn6CC)c(C)c4)c3n2)CC1. The topological polar surface area (TPSA) is 127 Å². The monoisotopic (exact) mass is 536 g/mol. The maximum atomic E-state index is 11.9. The normalized spacial score (nSPS) is 13.6. The van der Waals surface area contributed by atoms with Crippen LogP contribution in [0.2, 0.25) is 0 Å². The quantitative estimate of drug-likeness (QED) is 0.306. The number of ether oxygens (including phenoxy) is 1. The first-order valence-electron chi connectivity index (χ1n) is 13.0. The predicted octanol–water partition coefficient (Wildman–Crippen LogP) is 3.86. The number of carbonyl (C=O) groups excluding carboxylic acids is 1. The van der Waals surface area contributed by atoms with E-state index in [-0.39, 0.29) is 5.91 Å². The van der Waals surface area contributed by atoms with Crippen molar-refractivity contribution in [1.29, 1.82) is 0 Å². The number of nitrogens with zero attached hydrogens (tertiary/aromatic N) is 9. The molecule has 0 atom stereocenters. The number of carbonyl (C=O) groups is 1. The Bertz CT molecular complexity index is 1730. The van der Waals surface area contributed by atoms with Crippen LogP contribution in [0.4, 0.5) is 17.5 Å². The van der Waals surface area contributed by atoms with Crippen LogP contribution in [0.3, 0.4) is 0 Å². The molecule has 6 rings (SSSR count). The Hall–Kier alpha value is -5.13. The van der Waals surface area contributed by atoms with Crippen LogP contribution in [0.25, 0.3) is 22.1 Å². The van der Waals surface area contributed by atoms with Gasteiger partial charge in [0.25, 0.3) is 0 Å². The zero-order valence-corrected chi connectivity index (χ0v) is 22.3. The number of rotatable bonds is 7. The van der Waals surface area contributed by atoms with Crippen molar-refractivity contribution in [3.05, 3.63) is 67.1 Å². The van der Waals surface area contributed by atoms with Crippen molar-refractivity contribution >= 4 is 45.4 Å². The molecule has 40 heavy (non-hydrogen) atoms. The number of aryl methyl sites for hydroxylation is 2. The summed E-state index contributed by atoms with van der Waals surface area (Å²) in [7, 11) is 0. The summed E-state index contributed by atoms with van der Waals surface area (Å²) in [6.45, 7) is 10.8. The summed E-state index contributed by atoms with van der Waals surface area (Å²) in [4.78, 5) is 33.8. The summed E-state index contributed by atoms with van der Waals surface area (Å²) < 4.78 is 8.01. The first-order chi connectivity index (χ1) is 19.5. The number of fused-ring (bicyclic) bond motifs is 2. The molecule has 4 heterocycles. The number of aromatic nitrogens is 7. The van der Waals surface area contributed by atoms with Crippen LogP contribution < -0.4 is 15.0 Å². The molecular formula is C28H28N10O2. The summed E-state index contributed by atoms with van der Waals surface area (Å²) in [5.74, 6) is 2.52. The standard InChI is InChI=1S/C28H28N10O2/c1-4-25(39)36-10-12-37(13-11-36)28-29-16-22-26(33-28)27(31-17-30-22)32-19-6-9-24(18(3)14-19)40-20-7-8-23-21(15-20)34-35-38(23)5-2/h4,6-9,14-17H,1,5,10-13H2,2-3H3,(H,30,31,32). The largest absolute Gasteiger partial charge is 0.457 e. The minimum atomic E-state index is -0.0623. The molecule has 1 fully saturated rings. The Kier molecular flexibility index (Phi) is 6.64. The Balaban J connectivity index is 1.20. The van der Waals surface area contributed by atoms with E-state index in [0.29, 0.717) is 54.7 Å². The number of benzene rings is 2. The second kappa shape index (κ2) is 10.6. The smallest absolute Gasteiger partial charge is 0.246 e. The molecule has 0 unspecified atom stereocenters. The molecule has 3 aromatic heterocycles. The van der Waals surface area contributed by atoms with Crippen LogP contribution in [-0.4, -0.2) is 71.9 Å². The molecule has 12 heteroatoms. The van der Waals surface area contributed by atoms with Gasteiger partial charge in [-0.25, -0.2) is 24.6 Å². The molecule has 1 saturated heterocycles. The van der Waals surface area contributed by atoms with Gasteiger partial charge in [-0.2, -0.15) is 0 Å². The van der Waals surface area contributed by atoms with Gasteiger partial charge in [0, 0.05) is 44.5 Å². The number of anilines is 3. The zero-order chi connectivity index (χ0) is 27.6. The molecule has 202 valence electrons.